The molecule has 1 N–H and O–H groups in total. The summed E-state index contributed by atoms with van der Waals surface area (Å²) in [7, 11) is 0. The van der Waals surface area contributed by atoms with Crippen molar-refractivity contribution in [1.82, 2.24) is 0 Å². The highest BCUT2D eigenvalue weighted by Gasteiger charge is 2.31. The van der Waals surface area contributed by atoms with Gasteiger partial charge in [-0.2, -0.15) is 13.2 Å². The first-order chi connectivity index (χ1) is 11.2. The second-order valence-electron chi connectivity index (χ2n) is 5.29. The van der Waals surface area contributed by atoms with Crippen molar-refractivity contribution < 1.29 is 18.3 Å². The Morgan fingerprint density at radius 3 is 1.67 bits per heavy atom. The first-order valence-electron chi connectivity index (χ1n) is 7.12. The molecule has 0 heterocycles. The highest BCUT2D eigenvalue weighted by Crippen LogP contribution is 2.37. The largest absolute Gasteiger partial charge is 0.392 e. The SMILES string of the molecule is OC(CSC(c1ccc(Cl)cc1)c1ccc(Cl)cc1)CC(F)(F)F. The summed E-state index contributed by atoms with van der Waals surface area (Å²) in [6.45, 7) is 0. The van der Waals surface area contributed by atoms with E-state index in [1.54, 1.807) is 24.3 Å². The molecule has 0 amide bonds. The number of alkyl halides is 3. The van der Waals surface area contributed by atoms with Crippen molar-refractivity contribution in [3.8, 4) is 0 Å². The number of thioether (sulfide) groups is 1. The van der Waals surface area contributed by atoms with Gasteiger partial charge in [0.2, 0.25) is 0 Å². The second-order valence-corrected chi connectivity index (χ2v) is 7.30. The van der Waals surface area contributed by atoms with E-state index in [-0.39, 0.29) is 11.0 Å². The van der Waals surface area contributed by atoms with Crippen LogP contribution in [0.3, 0.4) is 0 Å². The molecule has 2 aromatic carbocycles. The number of rotatable bonds is 6. The molecule has 2 rings (SSSR count). The van der Waals surface area contributed by atoms with Crippen molar-refractivity contribution in [1.29, 1.82) is 0 Å². The number of hydrogen-bond acceptors (Lipinski definition) is 2. The molecule has 0 aromatic heterocycles. The van der Waals surface area contributed by atoms with Crippen LogP contribution in [0.25, 0.3) is 0 Å². The minimum absolute atomic E-state index is 0.0323. The summed E-state index contributed by atoms with van der Waals surface area (Å²) >= 11 is 13.0. The molecule has 0 bridgehead atoms. The molecular formula is C17H15Cl2F3OS. The zero-order valence-corrected chi connectivity index (χ0v) is 14.8. The highest BCUT2D eigenvalue weighted by molar-refractivity contribution is 7.99. The Bertz CT molecular complexity index is 599. The molecule has 0 aliphatic carbocycles. The Morgan fingerprint density at radius 1 is 0.875 bits per heavy atom. The zero-order valence-electron chi connectivity index (χ0n) is 12.4. The third kappa shape index (κ3) is 6.20. The van der Waals surface area contributed by atoms with E-state index in [1.165, 1.54) is 11.8 Å². The Labute approximate surface area is 152 Å². The highest BCUT2D eigenvalue weighted by atomic mass is 35.5. The van der Waals surface area contributed by atoms with E-state index in [0.717, 1.165) is 11.1 Å². The lowest BCUT2D eigenvalue weighted by Crippen LogP contribution is -2.21. The number of aliphatic hydroxyl groups is 1. The maximum Gasteiger partial charge on any atom is 0.391 e. The zero-order chi connectivity index (χ0) is 17.7. The van der Waals surface area contributed by atoms with Crippen molar-refractivity contribution in [3.63, 3.8) is 0 Å². The van der Waals surface area contributed by atoms with Crippen LogP contribution in [0, 0.1) is 0 Å². The molecule has 1 unspecified atom stereocenters. The van der Waals surface area contributed by atoms with Crippen LogP contribution < -0.4 is 0 Å². The predicted molar refractivity (Wildman–Crippen MR) is 93.9 cm³/mol. The van der Waals surface area contributed by atoms with Gasteiger partial charge in [0.25, 0.3) is 0 Å². The summed E-state index contributed by atoms with van der Waals surface area (Å²) in [5.41, 5.74) is 1.79. The monoisotopic (exact) mass is 394 g/mol. The maximum atomic E-state index is 12.4. The van der Waals surface area contributed by atoms with Crippen LogP contribution in [0.5, 0.6) is 0 Å². The lowest BCUT2D eigenvalue weighted by Gasteiger charge is -2.20. The van der Waals surface area contributed by atoms with Crippen molar-refractivity contribution in [3.05, 3.63) is 69.7 Å². The molecule has 130 valence electrons. The Morgan fingerprint density at radius 2 is 1.29 bits per heavy atom. The van der Waals surface area contributed by atoms with Crippen LogP contribution >= 0.6 is 35.0 Å². The van der Waals surface area contributed by atoms with Crippen LogP contribution in [0.15, 0.2) is 48.5 Å². The standard InChI is InChI=1S/C17H15Cl2F3OS/c18-13-5-1-11(2-6-13)16(12-3-7-14(19)8-4-12)24-10-15(23)9-17(20,21)22/h1-8,15-16,23H,9-10H2. The van der Waals surface area contributed by atoms with Gasteiger partial charge in [0.15, 0.2) is 0 Å². The van der Waals surface area contributed by atoms with E-state index in [4.69, 9.17) is 23.2 Å². The number of halogens is 5. The van der Waals surface area contributed by atoms with E-state index in [9.17, 15) is 18.3 Å². The molecule has 0 aliphatic rings. The van der Waals surface area contributed by atoms with Crippen molar-refractivity contribution in [2.24, 2.45) is 0 Å². The molecular weight excluding hydrogens is 380 g/mol. The predicted octanol–water partition coefficient (Wildman–Crippen LogP) is 6.13. The third-order valence-corrected chi connectivity index (χ3v) is 5.23. The molecule has 2 aromatic rings. The minimum atomic E-state index is -4.38. The average molecular weight is 395 g/mol. The molecule has 1 atom stereocenters. The fraction of sp³-hybridized carbons (Fsp3) is 0.294. The van der Waals surface area contributed by atoms with Crippen LogP contribution in [-0.4, -0.2) is 23.1 Å². The van der Waals surface area contributed by atoms with E-state index in [2.05, 4.69) is 0 Å². The average Bonchev–Trinajstić information content (AvgIpc) is 2.49. The Hall–Kier alpha value is -0.880. The van der Waals surface area contributed by atoms with E-state index >= 15 is 0 Å². The topological polar surface area (TPSA) is 20.2 Å². The van der Waals surface area contributed by atoms with E-state index in [0.29, 0.717) is 10.0 Å². The summed E-state index contributed by atoms with van der Waals surface area (Å²) in [4.78, 5) is 0. The molecule has 1 nitrogen and oxygen atoms in total. The molecule has 0 radical (unpaired) electrons. The molecule has 0 spiro atoms. The van der Waals surface area contributed by atoms with Gasteiger partial charge in [0, 0.05) is 15.8 Å². The maximum absolute atomic E-state index is 12.4. The van der Waals surface area contributed by atoms with Crippen molar-refractivity contribution >= 4 is 35.0 Å². The number of hydrogen-bond donors (Lipinski definition) is 1. The normalized spacial score (nSPS) is 13.3. The summed E-state index contributed by atoms with van der Waals surface area (Å²) in [5, 5.41) is 10.6. The summed E-state index contributed by atoms with van der Waals surface area (Å²) < 4.78 is 37.1. The second kappa shape index (κ2) is 8.48. The van der Waals surface area contributed by atoms with Crippen LogP contribution in [0.4, 0.5) is 13.2 Å². The Kier molecular flexibility index (Phi) is 6.87. The quantitative estimate of drug-likeness (QED) is 0.635. The fourth-order valence-electron chi connectivity index (χ4n) is 2.19. The van der Waals surface area contributed by atoms with Crippen molar-refractivity contribution in [2.75, 3.05) is 5.75 Å². The van der Waals surface area contributed by atoms with Gasteiger partial charge >= 0.3 is 6.18 Å². The van der Waals surface area contributed by atoms with Gasteiger partial charge in [-0.1, -0.05) is 47.5 Å². The molecule has 0 saturated heterocycles. The van der Waals surface area contributed by atoms with Gasteiger partial charge in [-0.05, 0) is 35.4 Å². The molecule has 7 heteroatoms. The lowest BCUT2D eigenvalue weighted by molar-refractivity contribution is -0.150. The van der Waals surface area contributed by atoms with Gasteiger partial charge in [-0.25, -0.2) is 0 Å². The summed E-state index contributed by atoms with van der Waals surface area (Å²) in [6, 6.07) is 14.2. The fourth-order valence-corrected chi connectivity index (χ4v) is 3.68. The number of benzene rings is 2. The summed E-state index contributed by atoms with van der Waals surface area (Å²) in [5.74, 6) is -0.0323. The van der Waals surface area contributed by atoms with E-state index < -0.39 is 18.7 Å². The van der Waals surface area contributed by atoms with Gasteiger partial charge in [0.05, 0.1) is 17.8 Å². The van der Waals surface area contributed by atoms with Crippen LogP contribution in [-0.2, 0) is 0 Å². The number of aliphatic hydroxyl groups excluding tert-OH is 1. The third-order valence-electron chi connectivity index (χ3n) is 3.27. The van der Waals surface area contributed by atoms with Crippen molar-refractivity contribution in [2.45, 2.75) is 24.0 Å². The van der Waals surface area contributed by atoms with Crippen LogP contribution in [0.2, 0.25) is 10.0 Å². The first kappa shape index (κ1) is 19.4. The van der Waals surface area contributed by atoms with Gasteiger partial charge < -0.3 is 5.11 Å². The summed E-state index contributed by atoms with van der Waals surface area (Å²) in [6.07, 6.45) is -7.04. The lowest BCUT2D eigenvalue weighted by atomic mass is 10.0. The first-order valence-corrected chi connectivity index (χ1v) is 8.92. The molecule has 0 fully saturated rings. The van der Waals surface area contributed by atoms with Gasteiger partial charge in [-0.3, -0.25) is 0 Å². The van der Waals surface area contributed by atoms with E-state index in [1.807, 2.05) is 24.3 Å². The molecule has 0 aliphatic heterocycles. The van der Waals surface area contributed by atoms with Gasteiger partial charge in [-0.15, -0.1) is 11.8 Å². The minimum Gasteiger partial charge on any atom is -0.392 e. The molecule has 0 saturated carbocycles. The Balaban J connectivity index is 2.17. The van der Waals surface area contributed by atoms with Gasteiger partial charge in [0.1, 0.15) is 0 Å². The smallest absolute Gasteiger partial charge is 0.391 e. The molecule has 24 heavy (non-hydrogen) atoms. The van der Waals surface area contributed by atoms with Crippen LogP contribution in [0.1, 0.15) is 22.8 Å².